The van der Waals surface area contributed by atoms with Crippen LogP contribution in [0.2, 0.25) is 0 Å². The summed E-state index contributed by atoms with van der Waals surface area (Å²) in [5, 5.41) is 7.62. The highest BCUT2D eigenvalue weighted by Gasteiger charge is 2.31. The molecule has 112 valence electrons. The Hall–Kier alpha value is -1.65. The molecule has 0 aliphatic carbocycles. The summed E-state index contributed by atoms with van der Waals surface area (Å²) in [7, 11) is 0. The zero-order chi connectivity index (χ0) is 14.8. The lowest BCUT2D eigenvalue weighted by molar-refractivity contribution is 0.114. The minimum atomic E-state index is 0.309. The molecule has 21 heavy (non-hydrogen) atoms. The summed E-state index contributed by atoms with van der Waals surface area (Å²) >= 11 is 0. The molecule has 4 nitrogen and oxygen atoms in total. The predicted molar refractivity (Wildman–Crippen MR) is 83.2 cm³/mol. The summed E-state index contributed by atoms with van der Waals surface area (Å²) in [5.41, 5.74) is 3.60. The Bertz CT molecular complexity index is 574. The first kappa shape index (κ1) is 14.3. The van der Waals surface area contributed by atoms with Crippen LogP contribution in [-0.2, 0) is 0 Å². The van der Waals surface area contributed by atoms with Crippen LogP contribution < -0.4 is 5.32 Å². The third-order valence-electron chi connectivity index (χ3n) is 4.47. The van der Waals surface area contributed by atoms with E-state index in [1.807, 2.05) is 13.8 Å². The van der Waals surface area contributed by atoms with Crippen molar-refractivity contribution in [3.05, 3.63) is 52.9 Å². The largest absolute Gasteiger partial charge is 0.361 e. The van der Waals surface area contributed by atoms with Crippen molar-refractivity contribution >= 4 is 0 Å². The lowest BCUT2D eigenvalue weighted by Crippen LogP contribution is -2.47. The third kappa shape index (κ3) is 2.74. The standard InChI is InChI=1S/C17H23N3O/c1-12-17(14(3)21-19-12)13(2)20-10-9-18-11-16(20)15-7-5-4-6-8-15/h4-8,13,16,18H,9-11H2,1-3H3. The van der Waals surface area contributed by atoms with Gasteiger partial charge in [0, 0.05) is 37.3 Å². The van der Waals surface area contributed by atoms with Gasteiger partial charge in [0.15, 0.2) is 0 Å². The minimum Gasteiger partial charge on any atom is -0.361 e. The fraction of sp³-hybridized carbons (Fsp3) is 0.471. The summed E-state index contributed by atoms with van der Waals surface area (Å²) in [6.45, 7) is 9.33. The average molecular weight is 285 g/mol. The molecule has 2 unspecified atom stereocenters. The van der Waals surface area contributed by atoms with Gasteiger partial charge in [-0.25, -0.2) is 0 Å². The maximum Gasteiger partial charge on any atom is 0.138 e. The fourth-order valence-electron chi connectivity index (χ4n) is 3.42. The quantitative estimate of drug-likeness (QED) is 0.941. The summed E-state index contributed by atoms with van der Waals surface area (Å²) in [4.78, 5) is 2.55. The van der Waals surface area contributed by atoms with Crippen molar-refractivity contribution in [3.8, 4) is 0 Å². The number of nitrogens with zero attached hydrogens (tertiary/aromatic N) is 2. The number of rotatable bonds is 3. The van der Waals surface area contributed by atoms with E-state index in [4.69, 9.17) is 4.52 Å². The van der Waals surface area contributed by atoms with E-state index in [1.165, 1.54) is 11.1 Å². The molecule has 2 aromatic rings. The van der Waals surface area contributed by atoms with Gasteiger partial charge >= 0.3 is 0 Å². The van der Waals surface area contributed by atoms with Gasteiger partial charge in [-0.2, -0.15) is 0 Å². The van der Waals surface area contributed by atoms with Crippen molar-refractivity contribution < 1.29 is 4.52 Å². The molecule has 0 spiro atoms. The molecule has 2 heterocycles. The van der Waals surface area contributed by atoms with Crippen molar-refractivity contribution in [1.82, 2.24) is 15.4 Å². The van der Waals surface area contributed by atoms with Crippen LogP contribution in [0.4, 0.5) is 0 Å². The second-order valence-electron chi connectivity index (χ2n) is 5.78. The Morgan fingerprint density at radius 1 is 1.29 bits per heavy atom. The van der Waals surface area contributed by atoms with Gasteiger partial charge in [0.05, 0.1) is 5.69 Å². The SMILES string of the molecule is Cc1noc(C)c1C(C)N1CCNCC1c1ccccc1. The first-order valence-corrected chi connectivity index (χ1v) is 7.62. The fourth-order valence-corrected chi connectivity index (χ4v) is 3.42. The van der Waals surface area contributed by atoms with Gasteiger partial charge in [-0.05, 0) is 26.3 Å². The summed E-state index contributed by atoms with van der Waals surface area (Å²) in [5.74, 6) is 0.936. The highest BCUT2D eigenvalue weighted by atomic mass is 16.5. The van der Waals surface area contributed by atoms with Gasteiger partial charge < -0.3 is 9.84 Å². The Balaban J connectivity index is 1.91. The first-order chi connectivity index (χ1) is 10.2. The molecule has 1 saturated heterocycles. The number of hydrogen-bond donors (Lipinski definition) is 1. The Morgan fingerprint density at radius 2 is 2.05 bits per heavy atom. The Labute approximate surface area is 126 Å². The van der Waals surface area contributed by atoms with Gasteiger partial charge in [0.25, 0.3) is 0 Å². The van der Waals surface area contributed by atoms with E-state index in [9.17, 15) is 0 Å². The predicted octanol–water partition coefficient (Wildman–Crippen LogP) is 3.00. The molecular formula is C17H23N3O. The van der Waals surface area contributed by atoms with Crippen LogP contribution >= 0.6 is 0 Å². The summed E-state index contributed by atoms with van der Waals surface area (Å²) in [6, 6.07) is 11.4. The Kier molecular flexibility index (Phi) is 4.08. The third-order valence-corrected chi connectivity index (χ3v) is 4.47. The topological polar surface area (TPSA) is 41.3 Å². The van der Waals surface area contributed by atoms with Gasteiger partial charge in [-0.15, -0.1) is 0 Å². The van der Waals surface area contributed by atoms with Crippen LogP contribution in [0.3, 0.4) is 0 Å². The summed E-state index contributed by atoms with van der Waals surface area (Å²) in [6.07, 6.45) is 0. The molecule has 0 saturated carbocycles. The van der Waals surface area contributed by atoms with E-state index in [0.29, 0.717) is 12.1 Å². The van der Waals surface area contributed by atoms with E-state index < -0.39 is 0 Å². The molecule has 1 aromatic carbocycles. The van der Waals surface area contributed by atoms with Crippen molar-refractivity contribution in [2.75, 3.05) is 19.6 Å². The van der Waals surface area contributed by atoms with E-state index in [1.54, 1.807) is 0 Å². The number of aromatic nitrogens is 1. The zero-order valence-electron chi connectivity index (χ0n) is 13.0. The molecule has 1 N–H and O–H groups in total. The molecule has 0 amide bonds. The highest BCUT2D eigenvalue weighted by Crippen LogP contribution is 2.34. The molecule has 1 aliphatic rings. The van der Waals surface area contributed by atoms with Gasteiger partial charge in [0.2, 0.25) is 0 Å². The highest BCUT2D eigenvalue weighted by molar-refractivity contribution is 5.27. The molecular weight excluding hydrogens is 262 g/mol. The van der Waals surface area contributed by atoms with Gasteiger partial charge in [-0.1, -0.05) is 35.5 Å². The minimum absolute atomic E-state index is 0.309. The van der Waals surface area contributed by atoms with Crippen molar-refractivity contribution in [2.24, 2.45) is 0 Å². The number of aryl methyl sites for hydroxylation is 2. The number of nitrogens with one attached hydrogen (secondary N) is 1. The maximum atomic E-state index is 5.36. The summed E-state index contributed by atoms with van der Waals surface area (Å²) < 4.78 is 5.36. The smallest absolute Gasteiger partial charge is 0.138 e. The normalized spacial score (nSPS) is 21.4. The van der Waals surface area contributed by atoms with Crippen molar-refractivity contribution in [2.45, 2.75) is 32.9 Å². The monoisotopic (exact) mass is 285 g/mol. The molecule has 2 atom stereocenters. The van der Waals surface area contributed by atoms with E-state index >= 15 is 0 Å². The number of benzene rings is 1. The van der Waals surface area contributed by atoms with Crippen LogP contribution in [0.25, 0.3) is 0 Å². The molecule has 1 fully saturated rings. The first-order valence-electron chi connectivity index (χ1n) is 7.62. The molecule has 0 radical (unpaired) electrons. The van der Waals surface area contributed by atoms with Crippen LogP contribution in [0.1, 0.15) is 41.6 Å². The average Bonchev–Trinajstić information content (AvgIpc) is 2.86. The lowest BCUT2D eigenvalue weighted by Gasteiger charge is -2.40. The zero-order valence-corrected chi connectivity index (χ0v) is 13.0. The van der Waals surface area contributed by atoms with Crippen LogP contribution in [-0.4, -0.2) is 29.7 Å². The molecule has 0 bridgehead atoms. The van der Waals surface area contributed by atoms with E-state index in [0.717, 1.165) is 31.1 Å². The van der Waals surface area contributed by atoms with Gasteiger partial charge in [-0.3, -0.25) is 4.90 Å². The Morgan fingerprint density at radius 3 is 2.71 bits per heavy atom. The number of hydrogen-bond acceptors (Lipinski definition) is 4. The second kappa shape index (κ2) is 6.00. The van der Waals surface area contributed by atoms with Crippen LogP contribution in [0.5, 0.6) is 0 Å². The van der Waals surface area contributed by atoms with Crippen LogP contribution in [0.15, 0.2) is 34.9 Å². The van der Waals surface area contributed by atoms with E-state index in [2.05, 4.69) is 52.6 Å². The molecule has 4 heteroatoms. The lowest BCUT2D eigenvalue weighted by atomic mass is 9.97. The van der Waals surface area contributed by atoms with Crippen molar-refractivity contribution in [3.63, 3.8) is 0 Å². The second-order valence-corrected chi connectivity index (χ2v) is 5.78. The number of piperazine rings is 1. The van der Waals surface area contributed by atoms with Crippen molar-refractivity contribution in [1.29, 1.82) is 0 Å². The van der Waals surface area contributed by atoms with E-state index in [-0.39, 0.29) is 0 Å². The maximum absolute atomic E-state index is 5.36. The molecule has 3 rings (SSSR count). The molecule has 1 aliphatic heterocycles. The van der Waals surface area contributed by atoms with Crippen LogP contribution in [0, 0.1) is 13.8 Å². The van der Waals surface area contributed by atoms with Gasteiger partial charge in [0.1, 0.15) is 5.76 Å². The molecule has 1 aromatic heterocycles.